The third-order valence-electron chi connectivity index (χ3n) is 5.43. The molecule has 0 aromatic carbocycles. The van der Waals surface area contributed by atoms with Crippen molar-refractivity contribution in [2.75, 3.05) is 6.54 Å². The normalized spacial score (nSPS) is 11.8. The lowest BCUT2D eigenvalue weighted by atomic mass is 10.0. The van der Waals surface area contributed by atoms with Crippen LogP contribution in [0.25, 0.3) is 0 Å². The van der Waals surface area contributed by atoms with Gasteiger partial charge in [0.1, 0.15) is 6.04 Å². The highest BCUT2D eigenvalue weighted by Crippen LogP contribution is 2.13. The number of aliphatic carboxylic acids is 1. The van der Waals surface area contributed by atoms with E-state index in [2.05, 4.69) is 17.6 Å². The van der Waals surface area contributed by atoms with E-state index in [9.17, 15) is 19.5 Å². The SMILES string of the molecule is CCCCCCCCCCCCCCCC(=O)N[C@@H](CCCCNC(C)=O)C(=O)O. The number of carbonyl (C=O) groups is 3. The zero-order chi connectivity index (χ0) is 22.5. The Morgan fingerprint density at radius 3 is 1.70 bits per heavy atom. The summed E-state index contributed by atoms with van der Waals surface area (Å²) in [7, 11) is 0. The van der Waals surface area contributed by atoms with Crippen LogP contribution in [0.2, 0.25) is 0 Å². The Hall–Kier alpha value is -1.59. The average molecular weight is 427 g/mol. The van der Waals surface area contributed by atoms with Crippen LogP contribution in [0.15, 0.2) is 0 Å². The van der Waals surface area contributed by atoms with Crippen molar-refractivity contribution in [2.24, 2.45) is 0 Å². The van der Waals surface area contributed by atoms with Crippen LogP contribution in [-0.4, -0.2) is 35.5 Å². The number of unbranched alkanes of at least 4 members (excludes halogenated alkanes) is 13. The predicted octanol–water partition coefficient (Wildman–Crippen LogP) is 5.34. The Kier molecular flexibility index (Phi) is 19.6. The monoisotopic (exact) mass is 426 g/mol. The summed E-state index contributed by atoms with van der Waals surface area (Å²) in [5.74, 6) is -1.25. The second-order valence-corrected chi connectivity index (χ2v) is 8.43. The molecule has 2 amide bonds. The van der Waals surface area contributed by atoms with Gasteiger partial charge < -0.3 is 15.7 Å². The first-order valence-electron chi connectivity index (χ1n) is 12.2. The van der Waals surface area contributed by atoms with Gasteiger partial charge in [-0.25, -0.2) is 4.79 Å². The predicted molar refractivity (Wildman–Crippen MR) is 122 cm³/mol. The van der Waals surface area contributed by atoms with Gasteiger partial charge in [0.2, 0.25) is 11.8 Å². The molecule has 0 heterocycles. The van der Waals surface area contributed by atoms with Gasteiger partial charge >= 0.3 is 5.97 Å². The molecule has 0 aliphatic carbocycles. The highest BCUT2D eigenvalue weighted by Gasteiger charge is 2.18. The van der Waals surface area contributed by atoms with Gasteiger partial charge in [-0.3, -0.25) is 9.59 Å². The van der Waals surface area contributed by atoms with Crippen LogP contribution in [0.4, 0.5) is 0 Å². The number of hydrogen-bond acceptors (Lipinski definition) is 3. The fourth-order valence-electron chi connectivity index (χ4n) is 3.57. The quantitative estimate of drug-likeness (QED) is 0.216. The van der Waals surface area contributed by atoms with E-state index in [-0.39, 0.29) is 11.8 Å². The lowest BCUT2D eigenvalue weighted by molar-refractivity contribution is -0.142. The Morgan fingerprint density at radius 1 is 0.733 bits per heavy atom. The smallest absolute Gasteiger partial charge is 0.326 e. The Morgan fingerprint density at radius 2 is 1.23 bits per heavy atom. The molecule has 1 atom stereocenters. The summed E-state index contributed by atoms with van der Waals surface area (Å²) in [5.41, 5.74) is 0. The minimum atomic E-state index is -0.992. The highest BCUT2D eigenvalue weighted by atomic mass is 16.4. The van der Waals surface area contributed by atoms with Crippen molar-refractivity contribution in [2.45, 2.75) is 129 Å². The summed E-state index contributed by atoms with van der Waals surface area (Å²) >= 11 is 0. The average Bonchev–Trinajstić information content (AvgIpc) is 2.70. The van der Waals surface area contributed by atoms with Crippen molar-refractivity contribution in [1.82, 2.24) is 10.6 Å². The van der Waals surface area contributed by atoms with Crippen LogP contribution < -0.4 is 10.6 Å². The van der Waals surface area contributed by atoms with Gasteiger partial charge in [-0.05, 0) is 25.7 Å². The van der Waals surface area contributed by atoms with Gasteiger partial charge in [0.25, 0.3) is 0 Å². The van der Waals surface area contributed by atoms with Crippen LogP contribution in [0, 0.1) is 0 Å². The van der Waals surface area contributed by atoms with Gasteiger partial charge in [-0.15, -0.1) is 0 Å². The molecule has 0 aliphatic heterocycles. The first kappa shape index (κ1) is 28.4. The highest BCUT2D eigenvalue weighted by molar-refractivity contribution is 5.83. The van der Waals surface area contributed by atoms with Crippen LogP contribution in [0.1, 0.15) is 123 Å². The number of hydrogen-bond donors (Lipinski definition) is 3. The topological polar surface area (TPSA) is 95.5 Å². The van der Waals surface area contributed by atoms with E-state index in [0.717, 1.165) is 19.3 Å². The fourth-order valence-corrected chi connectivity index (χ4v) is 3.57. The van der Waals surface area contributed by atoms with E-state index in [1.807, 2.05) is 0 Å². The molecule has 0 aromatic heterocycles. The first-order valence-corrected chi connectivity index (χ1v) is 12.2. The molecule has 0 aromatic rings. The van der Waals surface area contributed by atoms with Crippen molar-refractivity contribution in [3.05, 3.63) is 0 Å². The molecule has 30 heavy (non-hydrogen) atoms. The summed E-state index contributed by atoms with van der Waals surface area (Å²) in [6, 6.07) is -0.836. The molecular formula is C24H46N2O4. The fraction of sp³-hybridized carbons (Fsp3) is 0.875. The van der Waals surface area contributed by atoms with Gasteiger partial charge in [0.15, 0.2) is 0 Å². The summed E-state index contributed by atoms with van der Waals surface area (Å²) in [4.78, 5) is 34.1. The molecule has 0 saturated carbocycles. The van der Waals surface area contributed by atoms with Crippen LogP contribution in [0.3, 0.4) is 0 Å². The number of nitrogens with one attached hydrogen (secondary N) is 2. The van der Waals surface area contributed by atoms with Gasteiger partial charge in [0.05, 0.1) is 0 Å². The second kappa shape index (κ2) is 20.7. The molecular weight excluding hydrogens is 380 g/mol. The van der Waals surface area contributed by atoms with Gasteiger partial charge in [0, 0.05) is 19.9 Å². The van der Waals surface area contributed by atoms with Crippen molar-refractivity contribution < 1.29 is 19.5 Å². The molecule has 0 bridgehead atoms. The third kappa shape index (κ3) is 19.7. The van der Waals surface area contributed by atoms with Crippen LogP contribution in [-0.2, 0) is 14.4 Å². The Balaban J connectivity index is 3.58. The van der Waals surface area contributed by atoms with Crippen molar-refractivity contribution in [3.63, 3.8) is 0 Å². The molecule has 0 fully saturated rings. The molecule has 3 N–H and O–H groups in total. The van der Waals surface area contributed by atoms with E-state index in [1.54, 1.807) is 0 Å². The van der Waals surface area contributed by atoms with Crippen molar-refractivity contribution in [1.29, 1.82) is 0 Å². The minimum absolute atomic E-state index is 0.0871. The van der Waals surface area contributed by atoms with E-state index in [4.69, 9.17) is 0 Å². The molecule has 0 unspecified atom stereocenters. The van der Waals surface area contributed by atoms with Gasteiger partial charge in [-0.1, -0.05) is 84.0 Å². The molecule has 0 spiro atoms. The molecule has 6 nitrogen and oxygen atoms in total. The molecule has 0 radical (unpaired) electrons. The van der Waals surface area contributed by atoms with E-state index >= 15 is 0 Å². The van der Waals surface area contributed by atoms with Crippen LogP contribution in [0.5, 0.6) is 0 Å². The summed E-state index contributed by atoms with van der Waals surface area (Å²) in [6.07, 6.45) is 18.5. The molecule has 0 saturated heterocycles. The number of carboxylic acids is 1. The number of carbonyl (C=O) groups excluding carboxylic acids is 2. The number of amides is 2. The summed E-state index contributed by atoms with van der Waals surface area (Å²) in [6.45, 7) is 4.24. The standard InChI is InChI=1S/C24H46N2O4/c1-3-4-5-6-7-8-9-10-11-12-13-14-15-19-23(28)26-22(24(29)30)18-16-17-20-25-21(2)27/h22H,3-20H2,1-2H3,(H,25,27)(H,26,28)(H,29,30)/t22-/m0/s1. The molecule has 6 heteroatoms. The van der Waals surface area contributed by atoms with Crippen molar-refractivity contribution in [3.8, 4) is 0 Å². The van der Waals surface area contributed by atoms with Gasteiger partial charge in [-0.2, -0.15) is 0 Å². The molecule has 0 aliphatic rings. The zero-order valence-corrected chi connectivity index (χ0v) is 19.5. The third-order valence-corrected chi connectivity index (χ3v) is 5.43. The second-order valence-electron chi connectivity index (χ2n) is 8.43. The Labute approximate surface area is 184 Å². The minimum Gasteiger partial charge on any atom is -0.480 e. The van der Waals surface area contributed by atoms with E-state index in [1.165, 1.54) is 71.1 Å². The van der Waals surface area contributed by atoms with E-state index < -0.39 is 12.0 Å². The Bertz CT molecular complexity index is 454. The van der Waals surface area contributed by atoms with Crippen LogP contribution >= 0.6 is 0 Å². The summed E-state index contributed by atoms with van der Waals surface area (Å²) in [5, 5.41) is 14.6. The maximum Gasteiger partial charge on any atom is 0.326 e. The maximum atomic E-state index is 12.0. The molecule has 176 valence electrons. The summed E-state index contributed by atoms with van der Waals surface area (Å²) < 4.78 is 0. The number of carboxylic acid groups (broad SMARTS) is 1. The maximum absolute atomic E-state index is 12.0. The number of rotatable bonds is 21. The lowest BCUT2D eigenvalue weighted by Gasteiger charge is -2.14. The molecule has 0 rings (SSSR count). The zero-order valence-electron chi connectivity index (χ0n) is 19.5. The lowest BCUT2D eigenvalue weighted by Crippen LogP contribution is -2.40. The first-order chi connectivity index (χ1) is 14.5. The van der Waals surface area contributed by atoms with Crippen molar-refractivity contribution >= 4 is 17.8 Å². The van der Waals surface area contributed by atoms with E-state index in [0.29, 0.717) is 32.2 Å². The largest absolute Gasteiger partial charge is 0.480 e.